The number of guanidine groups is 1. The number of nitrogens with zero attached hydrogens (tertiary/aromatic N) is 4. The van der Waals surface area contributed by atoms with E-state index in [2.05, 4.69) is 71.2 Å². The van der Waals surface area contributed by atoms with E-state index in [1.165, 1.54) is 16.8 Å². The Kier molecular flexibility index (Phi) is 6.04. The van der Waals surface area contributed by atoms with E-state index in [1.54, 1.807) is 0 Å². The average molecular weight is 370 g/mol. The normalized spacial score (nSPS) is 15.6. The minimum atomic E-state index is 0.375. The molecule has 2 heterocycles. The molecule has 3 rings (SSSR count). The number of nitrogens with one attached hydrogen (secondary N) is 1. The molecule has 1 N–H and O–H groups in total. The van der Waals surface area contributed by atoms with Gasteiger partial charge in [0, 0.05) is 45.0 Å². The Morgan fingerprint density at radius 3 is 2.59 bits per heavy atom. The molecular formula is C21H31N5O. The van der Waals surface area contributed by atoms with Gasteiger partial charge < -0.3 is 19.6 Å². The van der Waals surface area contributed by atoms with Crippen LogP contribution >= 0.6 is 0 Å². The van der Waals surface area contributed by atoms with Crippen LogP contribution in [-0.2, 0) is 6.54 Å². The van der Waals surface area contributed by atoms with Crippen molar-refractivity contribution in [3.63, 3.8) is 0 Å². The highest BCUT2D eigenvalue weighted by Gasteiger charge is 2.21. The van der Waals surface area contributed by atoms with Gasteiger partial charge in [0.05, 0.1) is 12.2 Å². The van der Waals surface area contributed by atoms with Gasteiger partial charge in [0.2, 0.25) is 0 Å². The zero-order chi connectivity index (χ0) is 19.4. The molecule has 2 aromatic rings. The van der Waals surface area contributed by atoms with Gasteiger partial charge in [-0.05, 0) is 37.0 Å². The molecule has 146 valence electrons. The quantitative estimate of drug-likeness (QED) is 0.662. The Labute approximate surface area is 162 Å². The van der Waals surface area contributed by atoms with Gasteiger partial charge in [0.15, 0.2) is 11.7 Å². The summed E-state index contributed by atoms with van der Waals surface area (Å²) in [7, 11) is 1.83. The van der Waals surface area contributed by atoms with Crippen LogP contribution in [0.1, 0.15) is 42.3 Å². The van der Waals surface area contributed by atoms with Crippen molar-refractivity contribution in [2.24, 2.45) is 4.99 Å². The molecule has 1 saturated heterocycles. The van der Waals surface area contributed by atoms with E-state index in [0.29, 0.717) is 12.5 Å². The van der Waals surface area contributed by atoms with Gasteiger partial charge in [-0.1, -0.05) is 31.1 Å². The minimum absolute atomic E-state index is 0.375. The van der Waals surface area contributed by atoms with Crippen molar-refractivity contribution in [1.29, 1.82) is 0 Å². The lowest BCUT2D eigenvalue weighted by Crippen LogP contribution is -2.52. The summed E-state index contributed by atoms with van der Waals surface area (Å²) in [6.45, 7) is 13.1. The maximum atomic E-state index is 5.41. The Balaban J connectivity index is 1.56. The van der Waals surface area contributed by atoms with Gasteiger partial charge in [0.1, 0.15) is 0 Å². The topological polar surface area (TPSA) is 56.9 Å². The second-order valence-corrected chi connectivity index (χ2v) is 7.47. The van der Waals surface area contributed by atoms with E-state index >= 15 is 0 Å². The first kappa shape index (κ1) is 19.3. The van der Waals surface area contributed by atoms with Crippen molar-refractivity contribution in [3.8, 4) is 0 Å². The fourth-order valence-corrected chi connectivity index (χ4v) is 3.42. The molecule has 0 atom stereocenters. The van der Waals surface area contributed by atoms with Crippen LogP contribution in [0.4, 0.5) is 5.69 Å². The van der Waals surface area contributed by atoms with Crippen LogP contribution in [0.3, 0.4) is 0 Å². The number of aromatic nitrogens is 1. The van der Waals surface area contributed by atoms with Gasteiger partial charge in [-0.15, -0.1) is 0 Å². The molecule has 1 fully saturated rings. The Morgan fingerprint density at radius 2 is 1.96 bits per heavy atom. The summed E-state index contributed by atoms with van der Waals surface area (Å²) in [6, 6.07) is 8.56. The molecule has 1 aliphatic heterocycles. The highest BCUT2D eigenvalue weighted by atomic mass is 16.5. The first-order valence-corrected chi connectivity index (χ1v) is 9.72. The summed E-state index contributed by atoms with van der Waals surface area (Å²) < 4.78 is 5.41. The number of hydrogen-bond donors (Lipinski definition) is 1. The number of anilines is 1. The molecule has 6 nitrogen and oxygen atoms in total. The maximum absolute atomic E-state index is 5.41. The van der Waals surface area contributed by atoms with Crippen LogP contribution in [0.2, 0.25) is 0 Å². The fourth-order valence-electron chi connectivity index (χ4n) is 3.42. The Bertz CT molecular complexity index is 788. The lowest BCUT2D eigenvalue weighted by Gasteiger charge is -2.38. The summed E-state index contributed by atoms with van der Waals surface area (Å²) in [4.78, 5) is 9.23. The predicted octanol–water partition coefficient (Wildman–Crippen LogP) is 3.31. The van der Waals surface area contributed by atoms with Crippen molar-refractivity contribution in [2.75, 3.05) is 38.1 Å². The molecule has 1 aliphatic rings. The second kappa shape index (κ2) is 8.46. The van der Waals surface area contributed by atoms with Crippen LogP contribution < -0.4 is 10.2 Å². The third-order valence-corrected chi connectivity index (χ3v) is 5.30. The van der Waals surface area contributed by atoms with Gasteiger partial charge >= 0.3 is 0 Å². The zero-order valence-electron chi connectivity index (χ0n) is 17.1. The molecule has 0 saturated carbocycles. The summed E-state index contributed by atoms with van der Waals surface area (Å²) in [5, 5.41) is 7.52. The van der Waals surface area contributed by atoms with Crippen molar-refractivity contribution >= 4 is 11.6 Å². The molecule has 0 spiro atoms. The van der Waals surface area contributed by atoms with Crippen molar-refractivity contribution in [3.05, 3.63) is 46.8 Å². The van der Waals surface area contributed by atoms with E-state index < -0.39 is 0 Å². The summed E-state index contributed by atoms with van der Waals surface area (Å²) in [5.74, 6) is 2.13. The molecule has 1 aromatic carbocycles. The number of aliphatic imine (C=N–C) groups is 1. The minimum Gasteiger partial charge on any atom is -0.368 e. The van der Waals surface area contributed by atoms with E-state index in [1.807, 2.05) is 13.1 Å². The Morgan fingerprint density at radius 1 is 1.22 bits per heavy atom. The monoisotopic (exact) mass is 369 g/mol. The summed E-state index contributed by atoms with van der Waals surface area (Å²) in [5.41, 5.74) is 5.06. The number of benzene rings is 1. The standard InChI is InChI=1S/C21H31N5O/c1-15(2)19-13-18(27-24-19)14-23-21(22-5)26-11-9-25(10-12-26)20-8-6-7-16(3)17(20)4/h6-8,13,15H,9-12,14H2,1-5H3,(H,22,23). The molecule has 0 bridgehead atoms. The first-order valence-electron chi connectivity index (χ1n) is 9.72. The van der Waals surface area contributed by atoms with E-state index in [-0.39, 0.29) is 0 Å². The summed E-state index contributed by atoms with van der Waals surface area (Å²) in [6.07, 6.45) is 0. The van der Waals surface area contributed by atoms with Crippen LogP contribution in [0.15, 0.2) is 33.8 Å². The van der Waals surface area contributed by atoms with E-state index in [9.17, 15) is 0 Å². The predicted molar refractivity (Wildman–Crippen MR) is 110 cm³/mol. The molecule has 0 radical (unpaired) electrons. The second-order valence-electron chi connectivity index (χ2n) is 7.47. The lowest BCUT2D eigenvalue weighted by atomic mass is 10.1. The zero-order valence-corrected chi connectivity index (χ0v) is 17.1. The van der Waals surface area contributed by atoms with Crippen LogP contribution in [0, 0.1) is 13.8 Å². The highest BCUT2D eigenvalue weighted by molar-refractivity contribution is 5.80. The largest absolute Gasteiger partial charge is 0.368 e. The highest BCUT2D eigenvalue weighted by Crippen LogP contribution is 2.24. The number of aryl methyl sites for hydroxylation is 1. The number of hydrogen-bond acceptors (Lipinski definition) is 4. The molecular weight excluding hydrogens is 338 g/mol. The van der Waals surface area contributed by atoms with E-state index in [4.69, 9.17) is 4.52 Å². The average Bonchev–Trinajstić information content (AvgIpc) is 3.14. The van der Waals surface area contributed by atoms with Crippen molar-refractivity contribution < 1.29 is 4.52 Å². The van der Waals surface area contributed by atoms with Crippen LogP contribution in [0.25, 0.3) is 0 Å². The van der Waals surface area contributed by atoms with E-state index in [0.717, 1.165) is 43.6 Å². The molecule has 27 heavy (non-hydrogen) atoms. The van der Waals surface area contributed by atoms with Gasteiger partial charge in [-0.25, -0.2) is 0 Å². The smallest absolute Gasteiger partial charge is 0.194 e. The third kappa shape index (κ3) is 4.43. The van der Waals surface area contributed by atoms with Gasteiger partial charge in [-0.2, -0.15) is 0 Å². The number of rotatable bonds is 4. The lowest BCUT2D eigenvalue weighted by molar-refractivity contribution is 0.355. The van der Waals surface area contributed by atoms with Crippen LogP contribution in [-0.4, -0.2) is 49.2 Å². The molecule has 0 aliphatic carbocycles. The van der Waals surface area contributed by atoms with Crippen LogP contribution in [0.5, 0.6) is 0 Å². The summed E-state index contributed by atoms with van der Waals surface area (Å²) >= 11 is 0. The molecule has 1 aromatic heterocycles. The van der Waals surface area contributed by atoms with Crippen molar-refractivity contribution in [1.82, 2.24) is 15.4 Å². The third-order valence-electron chi connectivity index (χ3n) is 5.30. The SMILES string of the molecule is CN=C(NCc1cc(C(C)C)no1)N1CCN(c2cccc(C)c2C)CC1. The maximum Gasteiger partial charge on any atom is 0.194 e. The van der Waals surface area contributed by atoms with Gasteiger partial charge in [-0.3, -0.25) is 4.99 Å². The molecule has 0 amide bonds. The molecule has 0 unspecified atom stereocenters. The van der Waals surface area contributed by atoms with Gasteiger partial charge in [0.25, 0.3) is 0 Å². The first-order chi connectivity index (χ1) is 13.0. The Hall–Kier alpha value is -2.50. The number of piperazine rings is 1. The fraction of sp³-hybridized carbons (Fsp3) is 0.524. The molecule has 6 heteroatoms. The van der Waals surface area contributed by atoms with Crippen molar-refractivity contribution in [2.45, 2.75) is 40.2 Å².